The van der Waals surface area contributed by atoms with E-state index in [9.17, 15) is 9.59 Å². The zero-order valence-electron chi connectivity index (χ0n) is 11.6. The van der Waals surface area contributed by atoms with Crippen molar-refractivity contribution < 1.29 is 14.3 Å². The molecule has 0 radical (unpaired) electrons. The fourth-order valence-corrected chi connectivity index (χ4v) is 2.29. The number of hydrogen-bond donors (Lipinski definition) is 1. The zero-order valence-corrected chi connectivity index (χ0v) is 11.6. The van der Waals surface area contributed by atoms with E-state index in [4.69, 9.17) is 4.74 Å². The maximum Gasteiger partial charge on any atom is 0.329 e. The van der Waals surface area contributed by atoms with Gasteiger partial charge in [-0.2, -0.15) is 0 Å². The summed E-state index contributed by atoms with van der Waals surface area (Å²) in [5, 5.41) is 2.58. The fraction of sp³-hybridized carbons (Fsp3) is 0.333. The molecule has 1 saturated heterocycles. The first-order valence-corrected chi connectivity index (χ1v) is 6.82. The zero-order chi connectivity index (χ0) is 14.8. The van der Waals surface area contributed by atoms with Crippen molar-refractivity contribution in [3.8, 4) is 0 Å². The lowest BCUT2D eigenvalue weighted by Gasteiger charge is -2.11. The van der Waals surface area contributed by atoms with Gasteiger partial charge in [-0.1, -0.05) is 12.1 Å². The van der Waals surface area contributed by atoms with Gasteiger partial charge in [-0.3, -0.25) is 4.79 Å². The lowest BCUT2D eigenvalue weighted by molar-refractivity contribution is -0.147. The van der Waals surface area contributed by atoms with Crippen LogP contribution in [0.2, 0.25) is 0 Å². The first-order valence-electron chi connectivity index (χ1n) is 6.82. The van der Waals surface area contributed by atoms with Gasteiger partial charge >= 0.3 is 5.97 Å². The Labute approximate surface area is 121 Å². The summed E-state index contributed by atoms with van der Waals surface area (Å²) in [6.45, 7) is 1.90. The number of nitrogens with one attached hydrogen (secondary N) is 1. The van der Waals surface area contributed by atoms with Crippen molar-refractivity contribution in [3.63, 3.8) is 0 Å². The normalized spacial score (nSPS) is 17.8. The summed E-state index contributed by atoms with van der Waals surface area (Å²) in [5.74, 6) is -0.533. The van der Waals surface area contributed by atoms with Crippen molar-refractivity contribution in [3.05, 3.63) is 35.7 Å². The smallest absolute Gasteiger partial charge is 0.329 e. The maximum absolute atomic E-state index is 11.9. The van der Waals surface area contributed by atoms with Crippen LogP contribution in [0.5, 0.6) is 0 Å². The van der Waals surface area contributed by atoms with E-state index >= 15 is 0 Å². The van der Waals surface area contributed by atoms with Crippen molar-refractivity contribution in [2.45, 2.75) is 32.4 Å². The van der Waals surface area contributed by atoms with Crippen LogP contribution in [0.25, 0.3) is 11.0 Å². The van der Waals surface area contributed by atoms with Gasteiger partial charge in [0.25, 0.3) is 0 Å². The van der Waals surface area contributed by atoms with E-state index in [-0.39, 0.29) is 12.5 Å². The topological polar surface area (TPSA) is 81.2 Å². The largest absolute Gasteiger partial charge is 0.458 e. The molecule has 1 N–H and O–H groups in total. The number of aromatic nitrogens is 2. The molecule has 1 fully saturated rings. The minimum Gasteiger partial charge on any atom is -0.458 e. The van der Waals surface area contributed by atoms with Crippen LogP contribution in [0.4, 0.5) is 0 Å². The highest BCUT2D eigenvalue weighted by Crippen LogP contribution is 2.14. The number of fused-ring (bicyclic) bond motifs is 1. The molecule has 1 aliphatic heterocycles. The number of benzene rings is 1. The molecule has 108 valence electrons. The van der Waals surface area contributed by atoms with Crippen LogP contribution in [0, 0.1) is 6.92 Å². The van der Waals surface area contributed by atoms with Crippen LogP contribution in [0.1, 0.15) is 24.2 Å². The summed E-state index contributed by atoms with van der Waals surface area (Å²) < 4.78 is 5.23. The molecule has 21 heavy (non-hydrogen) atoms. The summed E-state index contributed by atoms with van der Waals surface area (Å²) >= 11 is 0. The minimum atomic E-state index is -0.536. The quantitative estimate of drug-likeness (QED) is 0.859. The number of aryl methyl sites for hydroxylation is 1. The van der Waals surface area contributed by atoms with Crippen LogP contribution in [-0.2, 0) is 20.9 Å². The monoisotopic (exact) mass is 285 g/mol. The van der Waals surface area contributed by atoms with Crippen LogP contribution < -0.4 is 5.32 Å². The summed E-state index contributed by atoms with van der Waals surface area (Å²) in [4.78, 5) is 31.8. The number of esters is 1. The molecule has 6 heteroatoms. The highest BCUT2D eigenvalue weighted by atomic mass is 16.5. The second-order valence-corrected chi connectivity index (χ2v) is 5.01. The Morgan fingerprint density at radius 1 is 1.33 bits per heavy atom. The second kappa shape index (κ2) is 5.47. The summed E-state index contributed by atoms with van der Waals surface area (Å²) in [6.07, 6.45) is 0.856. The van der Waals surface area contributed by atoms with Gasteiger partial charge in [0.2, 0.25) is 5.91 Å². The molecule has 1 atom stereocenters. The highest BCUT2D eigenvalue weighted by molar-refractivity contribution is 5.88. The van der Waals surface area contributed by atoms with Gasteiger partial charge in [-0.25, -0.2) is 14.8 Å². The van der Waals surface area contributed by atoms with E-state index in [0.717, 1.165) is 16.7 Å². The van der Waals surface area contributed by atoms with Crippen molar-refractivity contribution >= 4 is 22.9 Å². The number of nitrogens with zero attached hydrogens (tertiary/aromatic N) is 2. The molecule has 2 aromatic rings. The summed E-state index contributed by atoms with van der Waals surface area (Å²) in [5.41, 5.74) is 2.94. The lowest BCUT2D eigenvalue weighted by atomic mass is 10.2. The number of hydrogen-bond acceptors (Lipinski definition) is 5. The van der Waals surface area contributed by atoms with Gasteiger partial charge in [-0.05, 0) is 25.5 Å². The Morgan fingerprint density at radius 2 is 2.05 bits per heavy atom. The fourth-order valence-electron chi connectivity index (χ4n) is 2.29. The van der Waals surface area contributed by atoms with Gasteiger partial charge in [0.05, 0.1) is 22.4 Å². The van der Waals surface area contributed by atoms with Crippen LogP contribution in [0.15, 0.2) is 24.3 Å². The predicted octanol–water partition coefficient (Wildman–Crippen LogP) is 1.26. The van der Waals surface area contributed by atoms with Crippen molar-refractivity contribution in [2.75, 3.05) is 0 Å². The third kappa shape index (κ3) is 2.84. The second-order valence-electron chi connectivity index (χ2n) is 5.01. The van der Waals surface area contributed by atoms with Crippen molar-refractivity contribution in [1.29, 1.82) is 0 Å². The first kappa shape index (κ1) is 13.5. The Kier molecular flexibility index (Phi) is 3.51. The third-order valence-corrected chi connectivity index (χ3v) is 3.47. The molecule has 0 saturated carbocycles. The van der Waals surface area contributed by atoms with Gasteiger partial charge in [0.1, 0.15) is 12.6 Å². The molecule has 0 spiro atoms. The van der Waals surface area contributed by atoms with E-state index in [1.807, 2.05) is 31.2 Å². The number of ether oxygens (including phenoxy) is 1. The Balaban J connectivity index is 1.71. The molecular formula is C15H15N3O3. The number of para-hydroxylation sites is 2. The molecule has 2 heterocycles. The van der Waals surface area contributed by atoms with Crippen molar-refractivity contribution in [1.82, 2.24) is 15.3 Å². The maximum atomic E-state index is 11.9. The molecule has 0 bridgehead atoms. The van der Waals surface area contributed by atoms with E-state index in [1.165, 1.54) is 0 Å². The van der Waals surface area contributed by atoms with E-state index in [0.29, 0.717) is 18.5 Å². The average molecular weight is 285 g/mol. The molecule has 1 aromatic carbocycles. The molecule has 1 unspecified atom stereocenters. The summed E-state index contributed by atoms with van der Waals surface area (Å²) in [6, 6.07) is 7.00. The van der Waals surface area contributed by atoms with Gasteiger partial charge in [0, 0.05) is 6.42 Å². The Bertz CT molecular complexity index is 714. The first-order chi connectivity index (χ1) is 10.1. The molecule has 1 aliphatic rings. The molecular weight excluding hydrogens is 270 g/mol. The highest BCUT2D eigenvalue weighted by Gasteiger charge is 2.28. The average Bonchev–Trinajstić information content (AvgIpc) is 2.91. The molecule has 1 aromatic heterocycles. The number of carbonyl (C=O) groups is 2. The van der Waals surface area contributed by atoms with Crippen LogP contribution in [0.3, 0.4) is 0 Å². The van der Waals surface area contributed by atoms with Gasteiger partial charge in [-0.15, -0.1) is 0 Å². The molecule has 1 amide bonds. The van der Waals surface area contributed by atoms with E-state index in [2.05, 4.69) is 15.3 Å². The van der Waals surface area contributed by atoms with E-state index < -0.39 is 12.0 Å². The minimum absolute atomic E-state index is 0.0644. The van der Waals surface area contributed by atoms with Crippen LogP contribution >= 0.6 is 0 Å². The SMILES string of the molecule is Cc1nc2ccccc2nc1COC(=O)C1CCC(=O)N1. The summed E-state index contributed by atoms with van der Waals surface area (Å²) in [7, 11) is 0. The molecule has 0 aliphatic carbocycles. The van der Waals surface area contributed by atoms with Crippen molar-refractivity contribution in [2.24, 2.45) is 0 Å². The van der Waals surface area contributed by atoms with Gasteiger partial charge < -0.3 is 10.1 Å². The number of rotatable bonds is 3. The predicted molar refractivity (Wildman–Crippen MR) is 75.2 cm³/mol. The number of amides is 1. The Morgan fingerprint density at radius 3 is 2.71 bits per heavy atom. The lowest BCUT2D eigenvalue weighted by Crippen LogP contribution is -2.34. The van der Waals surface area contributed by atoms with Gasteiger partial charge in [0.15, 0.2) is 0 Å². The molecule has 3 rings (SSSR count). The standard InChI is InChI=1S/C15H15N3O3/c1-9-13(17-11-5-3-2-4-10(11)16-9)8-21-15(20)12-6-7-14(19)18-12/h2-5,12H,6-8H2,1H3,(H,18,19). The Hall–Kier alpha value is -2.50. The number of carbonyl (C=O) groups excluding carboxylic acids is 2. The van der Waals surface area contributed by atoms with E-state index in [1.54, 1.807) is 0 Å². The molecule has 6 nitrogen and oxygen atoms in total. The third-order valence-electron chi connectivity index (χ3n) is 3.47. The van der Waals surface area contributed by atoms with Crippen LogP contribution in [-0.4, -0.2) is 27.9 Å².